The van der Waals surface area contributed by atoms with Crippen LogP contribution in [0.3, 0.4) is 0 Å². The maximum Gasteiger partial charge on any atom is 0.240 e. The zero-order valence-corrected chi connectivity index (χ0v) is 10.9. The molecule has 94 valence electrons. The van der Waals surface area contributed by atoms with E-state index in [2.05, 4.69) is 25.2 Å². The monoisotopic (exact) mass is 234 g/mol. The Balaban J connectivity index is 1.93. The van der Waals surface area contributed by atoms with Crippen molar-refractivity contribution in [2.24, 2.45) is 10.8 Å². The van der Waals surface area contributed by atoms with E-state index >= 15 is 0 Å². The van der Waals surface area contributed by atoms with Crippen LogP contribution in [0.15, 0.2) is 0 Å². The van der Waals surface area contributed by atoms with Gasteiger partial charge in [0.2, 0.25) is 5.91 Å². The van der Waals surface area contributed by atoms with Crippen molar-refractivity contribution in [1.82, 2.24) is 5.32 Å². The summed E-state index contributed by atoms with van der Waals surface area (Å²) >= 11 is 0. The fourth-order valence-electron chi connectivity index (χ4n) is 3.06. The van der Waals surface area contributed by atoms with Crippen molar-refractivity contribution in [3.8, 4) is 6.07 Å². The molecule has 2 saturated carbocycles. The van der Waals surface area contributed by atoms with Crippen molar-refractivity contribution in [1.29, 1.82) is 5.26 Å². The first-order valence-corrected chi connectivity index (χ1v) is 6.70. The number of carbonyl (C=O) groups excluding carboxylic acids is 1. The summed E-state index contributed by atoms with van der Waals surface area (Å²) in [5.41, 5.74) is -0.364. The third kappa shape index (κ3) is 2.46. The van der Waals surface area contributed by atoms with Gasteiger partial charge in [-0.1, -0.05) is 20.3 Å². The normalized spacial score (nSPS) is 29.8. The van der Waals surface area contributed by atoms with Crippen LogP contribution in [-0.2, 0) is 4.79 Å². The predicted octanol–water partition coefficient (Wildman–Crippen LogP) is 2.77. The van der Waals surface area contributed by atoms with Gasteiger partial charge in [-0.2, -0.15) is 5.26 Å². The number of rotatable bonds is 2. The summed E-state index contributed by atoms with van der Waals surface area (Å²) in [6.07, 6.45) is 7.02. The van der Waals surface area contributed by atoms with Gasteiger partial charge in [0.25, 0.3) is 0 Å². The highest BCUT2D eigenvalue weighted by Crippen LogP contribution is 2.41. The highest BCUT2D eigenvalue weighted by atomic mass is 16.2. The Morgan fingerprint density at radius 1 is 1.29 bits per heavy atom. The van der Waals surface area contributed by atoms with E-state index in [4.69, 9.17) is 5.26 Å². The van der Waals surface area contributed by atoms with Gasteiger partial charge in [-0.3, -0.25) is 4.79 Å². The second-order valence-electron chi connectivity index (χ2n) is 6.48. The van der Waals surface area contributed by atoms with Gasteiger partial charge >= 0.3 is 0 Å². The summed E-state index contributed by atoms with van der Waals surface area (Å²) < 4.78 is 0. The molecule has 2 aliphatic carbocycles. The van der Waals surface area contributed by atoms with Gasteiger partial charge < -0.3 is 5.32 Å². The van der Waals surface area contributed by atoms with E-state index in [1.165, 1.54) is 12.8 Å². The summed E-state index contributed by atoms with van der Waals surface area (Å²) in [6.45, 7) is 4.52. The summed E-state index contributed by atoms with van der Waals surface area (Å²) in [5, 5.41) is 12.2. The lowest BCUT2D eigenvalue weighted by Gasteiger charge is -2.39. The minimum absolute atomic E-state index is 0.0195. The third-order valence-corrected chi connectivity index (χ3v) is 4.40. The second kappa shape index (κ2) is 4.33. The number of amides is 1. The topological polar surface area (TPSA) is 52.9 Å². The quantitative estimate of drug-likeness (QED) is 0.798. The molecule has 3 heteroatoms. The van der Waals surface area contributed by atoms with Crippen molar-refractivity contribution >= 4 is 5.91 Å². The Morgan fingerprint density at radius 2 is 2.00 bits per heavy atom. The highest BCUT2D eigenvalue weighted by molar-refractivity contribution is 5.86. The fraction of sp³-hybridized carbons (Fsp3) is 0.857. The van der Waals surface area contributed by atoms with Gasteiger partial charge in [0.1, 0.15) is 5.41 Å². The lowest BCUT2D eigenvalue weighted by molar-refractivity contribution is -0.133. The number of nitrogens with one attached hydrogen (secondary N) is 1. The van der Waals surface area contributed by atoms with Crippen molar-refractivity contribution in [2.45, 2.75) is 64.8 Å². The minimum atomic E-state index is -0.693. The Morgan fingerprint density at radius 3 is 2.47 bits per heavy atom. The number of carbonyl (C=O) groups is 1. The molecule has 1 N–H and O–H groups in total. The minimum Gasteiger partial charge on any atom is -0.352 e. The molecule has 3 nitrogen and oxygen atoms in total. The maximum atomic E-state index is 12.1. The van der Waals surface area contributed by atoms with Crippen LogP contribution in [0.5, 0.6) is 0 Å². The first-order valence-electron chi connectivity index (χ1n) is 6.70. The zero-order chi connectivity index (χ0) is 12.5. The van der Waals surface area contributed by atoms with Crippen LogP contribution in [-0.4, -0.2) is 11.9 Å². The second-order valence-corrected chi connectivity index (χ2v) is 6.48. The van der Waals surface area contributed by atoms with E-state index in [0.717, 1.165) is 32.1 Å². The van der Waals surface area contributed by atoms with E-state index < -0.39 is 5.41 Å². The smallest absolute Gasteiger partial charge is 0.240 e. The van der Waals surface area contributed by atoms with Gasteiger partial charge in [-0.25, -0.2) is 0 Å². The Hall–Kier alpha value is -1.04. The molecule has 1 unspecified atom stereocenters. The molecule has 0 spiro atoms. The Labute approximate surface area is 104 Å². The molecule has 0 aromatic carbocycles. The van der Waals surface area contributed by atoms with Crippen molar-refractivity contribution in [3.05, 3.63) is 0 Å². The molecule has 0 radical (unpaired) electrons. The molecule has 0 heterocycles. The lowest BCUT2D eigenvalue weighted by Crippen LogP contribution is -2.50. The highest BCUT2D eigenvalue weighted by Gasteiger charge is 2.45. The molecule has 0 aromatic heterocycles. The van der Waals surface area contributed by atoms with Crippen LogP contribution in [0.2, 0.25) is 0 Å². The van der Waals surface area contributed by atoms with E-state index in [0.29, 0.717) is 5.41 Å². The van der Waals surface area contributed by atoms with Crippen LogP contribution in [0.25, 0.3) is 0 Å². The summed E-state index contributed by atoms with van der Waals surface area (Å²) in [5.74, 6) is -0.0195. The van der Waals surface area contributed by atoms with Crippen molar-refractivity contribution in [2.75, 3.05) is 0 Å². The fourth-order valence-corrected chi connectivity index (χ4v) is 3.06. The van der Waals surface area contributed by atoms with Gasteiger partial charge in [0, 0.05) is 6.04 Å². The molecule has 2 rings (SSSR count). The van der Waals surface area contributed by atoms with E-state index in [1.807, 2.05) is 0 Å². The first kappa shape index (κ1) is 12.4. The molecule has 0 bridgehead atoms. The average molecular weight is 234 g/mol. The number of nitrogens with zero attached hydrogens (tertiary/aromatic N) is 1. The maximum absolute atomic E-state index is 12.1. The molecule has 1 amide bonds. The first-order chi connectivity index (χ1) is 7.97. The van der Waals surface area contributed by atoms with E-state index in [1.54, 1.807) is 0 Å². The van der Waals surface area contributed by atoms with Crippen LogP contribution >= 0.6 is 0 Å². The van der Waals surface area contributed by atoms with Gasteiger partial charge in [-0.05, 0) is 43.9 Å². The van der Waals surface area contributed by atoms with E-state index in [-0.39, 0.29) is 11.9 Å². The molecule has 2 aliphatic rings. The molecule has 17 heavy (non-hydrogen) atoms. The largest absolute Gasteiger partial charge is 0.352 e. The molecule has 1 atom stereocenters. The van der Waals surface area contributed by atoms with Gasteiger partial charge in [0.05, 0.1) is 6.07 Å². The summed E-state index contributed by atoms with van der Waals surface area (Å²) in [6, 6.07) is 2.49. The third-order valence-electron chi connectivity index (χ3n) is 4.40. The molecular formula is C14H22N2O. The van der Waals surface area contributed by atoms with Crippen LogP contribution in [0, 0.1) is 22.2 Å². The molecular weight excluding hydrogens is 212 g/mol. The van der Waals surface area contributed by atoms with Crippen molar-refractivity contribution < 1.29 is 4.79 Å². The number of hydrogen-bond donors (Lipinski definition) is 1. The van der Waals surface area contributed by atoms with Crippen LogP contribution in [0.1, 0.15) is 58.8 Å². The number of nitriles is 1. The molecule has 2 fully saturated rings. The van der Waals surface area contributed by atoms with Crippen LogP contribution in [0.4, 0.5) is 0 Å². The van der Waals surface area contributed by atoms with Crippen molar-refractivity contribution in [3.63, 3.8) is 0 Å². The molecule has 0 aromatic rings. The molecule has 0 saturated heterocycles. The zero-order valence-electron chi connectivity index (χ0n) is 10.9. The number of hydrogen-bond acceptors (Lipinski definition) is 2. The lowest BCUT2D eigenvalue weighted by atomic mass is 9.68. The summed E-state index contributed by atoms with van der Waals surface area (Å²) in [7, 11) is 0. The SMILES string of the molecule is CC1(C)CCCC(NC(=O)C2(C#N)CCC2)C1. The Kier molecular flexibility index (Phi) is 3.16. The van der Waals surface area contributed by atoms with Gasteiger partial charge in [0.15, 0.2) is 0 Å². The molecule has 0 aliphatic heterocycles. The predicted molar refractivity (Wildman–Crippen MR) is 66.1 cm³/mol. The standard InChI is InChI=1S/C14H22N2O/c1-13(2)6-3-5-11(9-13)16-12(17)14(10-15)7-4-8-14/h11H,3-9H2,1-2H3,(H,16,17). The van der Waals surface area contributed by atoms with Crippen LogP contribution < -0.4 is 5.32 Å². The summed E-state index contributed by atoms with van der Waals surface area (Å²) in [4.78, 5) is 12.1. The van der Waals surface area contributed by atoms with E-state index in [9.17, 15) is 4.79 Å². The average Bonchev–Trinajstić information content (AvgIpc) is 2.14. The Bertz CT molecular complexity index is 350. The van der Waals surface area contributed by atoms with Gasteiger partial charge in [-0.15, -0.1) is 0 Å².